The highest BCUT2D eigenvalue weighted by atomic mass is 79.9. The number of benzene rings is 1. The summed E-state index contributed by atoms with van der Waals surface area (Å²) in [6.45, 7) is 5.57. The first-order chi connectivity index (χ1) is 9.16. The summed E-state index contributed by atoms with van der Waals surface area (Å²) < 4.78 is 6.88. The number of aromatic nitrogens is 1. The molecule has 1 aromatic carbocycles. The standard InChI is InChI=1S/C14H17BrN2OS/c1-10(2)17-8-11-4-3-5-12(15)14(11)18-9-13-16-6-7-19-13/h3-7,10,17H,8-9H2,1-2H3. The minimum absolute atomic E-state index is 0.450. The lowest BCUT2D eigenvalue weighted by molar-refractivity contribution is 0.299. The van der Waals surface area contributed by atoms with Crippen LogP contribution in [0.15, 0.2) is 34.2 Å². The van der Waals surface area contributed by atoms with Crippen LogP contribution in [0, 0.1) is 0 Å². The van der Waals surface area contributed by atoms with Crippen LogP contribution in [-0.4, -0.2) is 11.0 Å². The van der Waals surface area contributed by atoms with Gasteiger partial charge in [-0.1, -0.05) is 26.0 Å². The molecule has 5 heteroatoms. The summed E-state index contributed by atoms with van der Waals surface area (Å²) in [6, 6.07) is 6.55. The zero-order valence-corrected chi connectivity index (χ0v) is 13.4. The Morgan fingerprint density at radius 3 is 2.95 bits per heavy atom. The van der Waals surface area contributed by atoms with Crippen molar-refractivity contribution in [2.45, 2.75) is 33.0 Å². The molecule has 1 aromatic heterocycles. The van der Waals surface area contributed by atoms with Crippen LogP contribution in [0.4, 0.5) is 0 Å². The summed E-state index contributed by atoms with van der Waals surface area (Å²) in [5.41, 5.74) is 1.15. The van der Waals surface area contributed by atoms with Crippen molar-refractivity contribution in [1.82, 2.24) is 10.3 Å². The molecule has 0 aliphatic heterocycles. The molecule has 2 rings (SSSR count). The van der Waals surface area contributed by atoms with E-state index in [1.807, 2.05) is 17.5 Å². The van der Waals surface area contributed by atoms with Gasteiger partial charge in [-0.25, -0.2) is 4.98 Å². The van der Waals surface area contributed by atoms with Crippen molar-refractivity contribution < 1.29 is 4.74 Å². The van der Waals surface area contributed by atoms with Gasteiger partial charge in [0.05, 0.1) is 4.47 Å². The number of hydrogen-bond acceptors (Lipinski definition) is 4. The number of nitrogens with zero attached hydrogens (tertiary/aromatic N) is 1. The second-order valence-electron chi connectivity index (χ2n) is 4.48. The summed E-state index contributed by atoms with van der Waals surface area (Å²) >= 11 is 5.15. The summed E-state index contributed by atoms with van der Waals surface area (Å²) in [5, 5.41) is 6.35. The number of rotatable bonds is 6. The molecule has 0 unspecified atom stereocenters. The minimum atomic E-state index is 0.450. The highest BCUT2D eigenvalue weighted by molar-refractivity contribution is 9.10. The summed E-state index contributed by atoms with van der Waals surface area (Å²) in [6.07, 6.45) is 1.80. The van der Waals surface area contributed by atoms with Gasteiger partial charge in [0.1, 0.15) is 17.4 Å². The third kappa shape index (κ3) is 4.30. The first-order valence-corrected chi connectivity index (χ1v) is 7.86. The van der Waals surface area contributed by atoms with Gasteiger partial charge in [0.15, 0.2) is 0 Å². The highest BCUT2D eigenvalue weighted by Gasteiger charge is 2.09. The number of nitrogens with one attached hydrogen (secondary N) is 1. The molecule has 19 heavy (non-hydrogen) atoms. The lowest BCUT2D eigenvalue weighted by Crippen LogP contribution is -2.22. The molecular weight excluding hydrogens is 324 g/mol. The summed E-state index contributed by atoms with van der Waals surface area (Å²) in [5.74, 6) is 0.894. The molecule has 0 atom stereocenters. The van der Waals surface area contributed by atoms with E-state index in [4.69, 9.17) is 4.74 Å². The van der Waals surface area contributed by atoms with Crippen molar-refractivity contribution >= 4 is 27.3 Å². The lowest BCUT2D eigenvalue weighted by atomic mass is 10.2. The predicted molar refractivity (Wildman–Crippen MR) is 82.6 cm³/mol. The number of halogens is 1. The van der Waals surface area contributed by atoms with Crippen LogP contribution < -0.4 is 10.1 Å². The average molecular weight is 341 g/mol. The van der Waals surface area contributed by atoms with E-state index in [9.17, 15) is 0 Å². The quantitative estimate of drug-likeness (QED) is 0.863. The van der Waals surface area contributed by atoms with Crippen LogP contribution >= 0.6 is 27.3 Å². The van der Waals surface area contributed by atoms with E-state index in [-0.39, 0.29) is 0 Å². The van der Waals surface area contributed by atoms with E-state index in [0.717, 1.165) is 27.3 Å². The Morgan fingerprint density at radius 2 is 2.26 bits per heavy atom. The van der Waals surface area contributed by atoms with E-state index in [0.29, 0.717) is 12.6 Å². The van der Waals surface area contributed by atoms with Gasteiger partial charge in [0, 0.05) is 29.7 Å². The fourth-order valence-corrected chi connectivity index (χ4v) is 2.68. The topological polar surface area (TPSA) is 34.1 Å². The molecule has 102 valence electrons. The van der Waals surface area contributed by atoms with Crippen LogP contribution in [0.5, 0.6) is 5.75 Å². The number of ether oxygens (including phenoxy) is 1. The van der Waals surface area contributed by atoms with Crippen LogP contribution in [-0.2, 0) is 13.2 Å². The monoisotopic (exact) mass is 340 g/mol. The summed E-state index contributed by atoms with van der Waals surface area (Å²) in [7, 11) is 0. The first kappa shape index (κ1) is 14.5. The third-order valence-corrected chi connectivity index (χ3v) is 3.95. The fraction of sp³-hybridized carbons (Fsp3) is 0.357. The second-order valence-corrected chi connectivity index (χ2v) is 6.31. The SMILES string of the molecule is CC(C)NCc1cccc(Br)c1OCc1nccs1. The van der Waals surface area contributed by atoms with Crippen molar-refractivity contribution in [3.05, 3.63) is 44.8 Å². The van der Waals surface area contributed by atoms with Crippen molar-refractivity contribution in [2.24, 2.45) is 0 Å². The Kier molecular flexibility index (Phi) is 5.36. The molecule has 0 bridgehead atoms. The van der Waals surface area contributed by atoms with E-state index in [1.54, 1.807) is 17.5 Å². The molecule has 1 heterocycles. The molecule has 0 spiro atoms. The molecule has 0 aliphatic carbocycles. The molecule has 2 aromatic rings. The molecule has 1 N–H and O–H groups in total. The molecule has 0 radical (unpaired) electrons. The van der Waals surface area contributed by atoms with Gasteiger partial charge in [-0.2, -0.15) is 0 Å². The minimum Gasteiger partial charge on any atom is -0.485 e. The van der Waals surface area contributed by atoms with Gasteiger partial charge in [0.25, 0.3) is 0 Å². The molecule has 0 saturated heterocycles. The Balaban J connectivity index is 2.08. The van der Waals surface area contributed by atoms with Gasteiger partial charge in [-0.3, -0.25) is 0 Å². The van der Waals surface area contributed by atoms with Crippen molar-refractivity contribution in [3.63, 3.8) is 0 Å². The molecule has 0 saturated carbocycles. The van der Waals surface area contributed by atoms with E-state index in [2.05, 4.69) is 46.1 Å². The smallest absolute Gasteiger partial charge is 0.140 e. The van der Waals surface area contributed by atoms with Crippen LogP contribution in [0.1, 0.15) is 24.4 Å². The first-order valence-electron chi connectivity index (χ1n) is 6.18. The van der Waals surface area contributed by atoms with E-state index < -0.39 is 0 Å². The van der Waals surface area contributed by atoms with Crippen molar-refractivity contribution in [2.75, 3.05) is 0 Å². The highest BCUT2D eigenvalue weighted by Crippen LogP contribution is 2.30. The van der Waals surface area contributed by atoms with Crippen LogP contribution in [0.3, 0.4) is 0 Å². The van der Waals surface area contributed by atoms with Crippen LogP contribution in [0.2, 0.25) is 0 Å². The largest absolute Gasteiger partial charge is 0.485 e. The second kappa shape index (κ2) is 7.03. The van der Waals surface area contributed by atoms with Gasteiger partial charge in [0.2, 0.25) is 0 Å². The molecule has 0 amide bonds. The number of thiazole rings is 1. The van der Waals surface area contributed by atoms with Gasteiger partial charge in [-0.15, -0.1) is 11.3 Å². The maximum atomic E-state index is 5.91. The normalized spacial score (nSPS) is 10.9. The van der Waals surface area contributed by atoms with Gasteiger partial charge >= 0.3 is 0 Å². The Bertz CT molecular complexity index is 514. The lowest BCUT2D eigenvalue weighted by Gasteiger charge is -2.14. The molecule has 0 aliphatic rings. The molecular formula is C14H17BrN2OS. The van der Waals surface area contributed by atoms with Crippen molar-refractivity contribution in [3.8, 4) is 5.75 Å². The van der Waals surface area contributed by atoms with E-state index >= 15 is 0 Å². The third-order valence-electron chi connectivity index (χ3n) is 2.57. The number of hydrogen-bond donors (Lipinski definition) is 1. The molecule has 0 fully saturated rings. The Labute approximate surface area is 126 Å². The Hall–Kier alpha value is -0.910. The van der Waals surface area contributed by atoms with Crippen molar-refractivity contribution in [1.29, 1.82) is 0 Å². The number of para-hydroxylation sites is 1. The maximum absolute atomic E-state index is 5.91. The molecule has 3 nitrogen and oxygen atoms in total. The fourth-order valence-electron chi connectivity index (χ4n) is 1.63. The average Bonchev–Trinajstić information content (AvgIpc) is 2.88. The van der Waals surface area contributed by atoms with Gasteiger partial charge < -0.3 is 10.1 Å². The zero-order valence-electron chi connectivity index (χ0n) is 11.0. The van der Waals surface area contributed by atoms with Gasteiger partial charge in [-0.05, 0) is 22.0 Å². The zero-order chi connectivity index (χ0) is 13.7. The maximum Gasteiger partial charge on any atom is 0.140 e. The summed E-state index contributed by atoms with van der Waals surface area (Å²) in [4.78, 5) is 4.23. The Morgan fingerprint density at radius 1 is 1.42 bits per heavy atom. The van der Waals surface area contributed by atoms with E-state index in [1.165, 1.54) is 0 Å². The van der Waals surface area contributed by atoms with Crippen LogP contribution in [0.25, 0.3) is 0 Å². The predicted octanol–water partition coefficient (Wildman–Crippen LogP) is 3.98.